The van der Waals surface area contributed by atoms with Crippen LogP contribution in [0.5, 0.6) is 0 Å². The highest BCUT2D eigenvalue weighted by Crippen LogP contribution is 2.13. The van der Waals surface area contributed by atoms with Crippen molar-refractivity contribution >= 4 is 11.7 Å². The van der Waals surface area contributed by atoms with Crippen LogP contribution in [-0.4, -0.2) is 30.6 Å². The zero-order chi connectivity index (χ0) is 16.6. The Morgan fingerprint density at radius 3 is 2.54 bits per heavy atom. The van der Waals surface area contributed by atoms with Crippen LogP contribution in [0.15, 0.2) is 66.7 Å². The number of ether oxygens (including phenoxy) is 1. The van der Waals surface area contributed by atoms with Gasteiger partial charge in [0.2, 0.25) is 0 Å². The lowest BCUT2D eigenvalue weighted by Gasteiger charge is -2.16. The molecule has 4 heteroatoms. The van der Waals surface area contributed by atoms with Gasteiger partial charge in [-0.15, -0.1) is 0 Å². The van der Waals surface area contributed by atoms with Gasteiger partial charge in [-0.05, 0) is 29.7 Å². The second-order valence-electron chi connectivity index (χ2n) is 5.80. The Kier molecular flexibility index (Phi) is 5.64. The summed E-state index contributed by atoms with van der Waals surface area (Å²) in [5.74, 6) is 0. The number of hydrogen-bond acceptors (Lipinski definition) is 2. The van der Waals surface area contributed by atoms with Gasteiger partial charge in [-0.1, -0.05) is 54.6 Å². The molecule has 0 bridgehead atoms. The van der Waals surface area contributed by atoms with E-state index >= 15 is 0 Å². The number of hydrogen-bond donors (Lipinski definition) is 1. The van der Waals surface area contributed by atoms with E-state index in [2.05, 4.69) is 17.4 Å². The Hall–Kier alpha value is -2.59. The lowest BCUT2D eigenvalue weighted by molar-refractivity contribution is 0.124. The number of benzene rings is 2. The Bertz CT molecular complexity index is 690. The van der Waals surface area contributed by atoms with Crippen LogP contribution in [0.25, 0.3) is 0 Å². The molecular formula is C20H22N2O2. The summed E-state index contributed by atoms with van der Waals surface area (Å²) in [4.78, 5) is 13.8. The fourth-order valence-corrected chi connectivity index (χ4v) is 2.61. The van der Waals surface area contributed by atoms with Gasteiger partial charge < -0.3 is 15.0 Å². The summed E-state index contributed by atoms with van der Waals surface area (Å²) < 4.78 is 5.75. The summed E-state index contributed by atoms with van der Waals surface area (Å²) in [6, 6.07) is 18.0. The van der Waals surface area contributed by atoms with Crippen LogP contribution in [0, 0.1) is 0 Å². The summed E-state index contributed by atoms with van der Waals surface area (Å²) in [6.07, 6.45) is 4.90. The van der Waals surface area contributed by atoms with Crippen molar-refractivity contribution in [2.24, 2.45) is 0 Å². The standard InChI is InChI=1S/C20H22N2O2/c23-20(22-12-4-5-13-22)21-19-10-6-9-18(15-19)16-24-14-11-17-7-2-1-3-8-17/h1-10,15H,11-14,16H2,(H,21,23). The maximum atomic E-state index is 12.1. The monoisotopic (exact) mass is 322 g/mol. The minimum absolute atomic E-state index is 0.0675. The van der Waals surface area contributed by atoms with E-state index in [0.29, 0.717) is 26.3 Å². The summed E-state index contributed by atoms with van der Waals surface area (Å²) >= 11 is 0. The van der Waals surface area contributed by atoms with E-state index in [4.69, 9.17) is 4.74 Å². The molecule has 24 heavy (non-hydrogen) atoms. The predicted octanol–water partition coefficient (Wildman–Crippen LogP) is 3.85. The van der Waals surface area contributed by atoms with Gasteiger partial charge in [0.1, 0.15) is 0 Å². The Morgan fingerprint density at radius 2 is 1.75 bits per heavy atom. The third-order valence-electron chi connectivity index (χ3n) is 3.93. The van der Waals surface area contributed by atoms with E-state index in [1.54, 1.807) is 4.90 Å². The average molecular weight is 322 g/mol. The molecule has 124 valence electrons. The fraction of sp³-hybridized carbons (Fsp3) is 0.250. The minimum Gasteiger partial charge on any atom is -0.376 e. The first-order valence-corrected chi connectivity index (χ1v) is 8.23. The third-order valence-corrected chi connectivity index (χ3v) is 3.93. The summed E-state index contributed by atoms with van der Waals surface area (Å²) in [5.41, 5.74) is 3.13. The van der Waals surface area contributed by atoms with E-state index in [9.17, 15) is 4.79 Å². The molecule has 0 atom stereocenters. The van der Waals surface area contributed by atoms with Crippen LogP contribution in [-0.2, 0) is 17.8 Å². The van der Waals surface area contributed by atoms with Gasteiger partial charge in [0.25, 0.3) is 0 Å². The van der Waals surface area contributed by atoms with Gasteiger partial charge in [-0.3, -0.25) is 0 Å². The van der Waals surface area contributed by atoms with Crippen molar-refractivity contribution in [3.05, 3.63) is 77.9 Å². The fourth-order valence-electron chi connectivity index (χ4n) is 2.61. The van der Waals surface area contributed by atoms with Crippen LogP contribution in [0.3, 0.4) is 0 Å². The molecule has 0 fully saturated rings. The molecule has 2 aromatic rings. The third kappa shape index (κ3) is 4.70. The zero-order valence-electron chi connectivity index (χ0n) is 13.7. The van der Waals surface area contributed by atoms with Gasteiger partial charge in [0.05, 0.1) is 13.2 Å². The SMILES string of the molecule is O=C(Nc1cccc(COCCc2ccccc2)c1)N1CC=CC1. The molecule has 2 amide bonds. The second-order valence-corrected chi connectivity index (χ2v) is 5.80. The molecule has 0 aliphatic carbocycles. The number of carbonyl (C=O) groups is 1. The van der Waals surface area contributed by atoms with Crippen LogP contribution in [0.2, 0.25) is 0 Å². The van der Waals surface area contributed by atoms with Gasteiger partial charge in [-0.25, -0.2) is 4.79 Å². The average Bonchev–Trinajstić information content (AvgIpc) is 3.15. The molecule has 0 spiro atoms. The van der Waals surface area contributed by atoms with Crippen LogP contribution in [0.4, 0.5) is 10.5 Å². The topological polar surface area (TPSA) is 41.6 Å². The van der Waals surface area contributed by atoms with Crippen molar-refractivity contribution < 1.29 is 9.53 Å². The first-order chi connectivity index (χ1) is 11.8. The van der Waals surface area contributed by atoms with Crippen molar-refractivity contribution in [1.82, 2.24) is 4.90 Å². The lowest BCUT2D eigenvalue weighted by atomic mass is 10.2. The molecule has 0 saturated carbocycles. The highest BCUT2D eigenvalue weighted by Gasteiger charge is 2.13. The maximum absolute atomic E-state index is 12.1. The zero-order valence-corrected chi connectivity index (χ0v) is 13.7. The summed E-state index contributed by atoms with van der Waals surface area (Å²) in [5, 5.41) is 2.93. The molecule has 1 N–H and O–H groups in total. The molecule has 3 rings (SSSR count). The quantitative estimate of drug-likeness (QED) is 0.648. The number of nitrogens with zero attached hydrogens (tertiary/aromatic N) is 1. The molecule has 2 aromatic carbocycles. The predicted molar refractivity (Wildman–Crippen MR) is 96.0 cm³/mol. The first-order valence-electron chi connectivity index (χ1n) is 8.23. The Labute approximate surface area is 142 Å². The second kappa shape index (κ2) is 8.31. The number of urea groups is 1. The molecule has 0 aromatic heterocycles. The van der Waals surface area contributed by atoms with Crippen molar-refractivity contribution in [1.29, 1.82) is 0 Å². The smallest absolute Gasteiger partial charge is 0.322 e. The minimum atomic E-state index is -0.0675. The number of nitrogens with one attached hydrogen (secondary N) is 1. The number of anilines is 1. The molecule has 1 aliphatic rings. The van der Waals surface area contributed by atoms with E-state index in [-0.39, 0.29) is 6.03 Å². The van der Waals surface area contributed by atoms with Crippen LogP contribution >= 0.6 is 0 Å². The van der Waals surface area contributed by atoms with Crippen molar-refractivity contribution in [2.75, 3.05) is 25.0 Å². The first kappa shape index (κ1) is 16.3. The van der Waals surface area contributed by atoms with E-state index in [0.717, 1.165) is 17.7 Å². The van der Waals surface area contributed by atoms with Gasteiger partial charge >= 0.3 is 6.03 Å². The molecule has 0 unspecified atom stereocenters. The van der Waals surface area contributed by atoms with Crippen molar-refractivity contribution in [3.63, 3.8) is 0 Å². The van der Waals surface area contributed by atoms with Gasteiger partial charge in [0.15, 0.2) is 0 Å². The Balaban J connectivity index is 1.45. The van der Waals surface area contributed by atoms with Crippen molar-refractivity contribution in [2.45, 2.75) is 13.0 Å². The van der Waals surface area contributed by atoms with Crippen LogP contribution < -0.4 is 5.32 Å². The molecular weight excluding hydrogens is 300 g/mol. The highest BCUT2D eigenvalue weighted by atomic mass is 16.5. The molecule has 0 radical (unpaired) electrons. The molecule has 1 heterocycles. The number of rotatable bonds is 6. The molecule has 4 nitrogen and oxygen atoms in total. The normalized spacial score (nSPS) is 13.2. The van der Waals surface area contributed by atoms with Gasteiger partial charge in [0, 0.05) is 18.8 Å². The number of carbonyl (C=O) groups excluding carboxylic acids is 1. The number of amides is 2. The Morgan fingerprint density at radius 1 is 1.00 bits per heavy atom. The van der Waals surface area contributed by atoms with E-state index < -0.39 is 0 Å². The van der Waals surface area contributed by atoms with Crippen molar-refractivity contribution in [3.8, 4) is 0 Å². The maximum Gasteiger partial charge on any atom is 0.322 e. The largest absolute Gasteiger partial charge is 0.376 e. The van der Waals surface area contributed by atoms with E-state index in [1.807, 2.05) is 54.6 Å². The highest BCUT2D eigenvalue weighted by molar-refractivity contribution is 5.89. The molecule has 1 aliphatic heterocycles. The summed E-state index contributed by atoms with van der Waals surface area (Å²) in [6.45, 7) is 2.57. The molecule has 0 saturated heterocycles. The van der Waals surface area contributed by atoms with E-state index in [1.165, 1.54) is 5.56 Å². The van der Waals surface area contributed by atoms with Gasteiger partial charge in [-0.2, -0.15) is 0 Å². The lowest BCUT2D eigenvalue weighted by Crippen LogP contribution is -2.32. The summed E-state index contributed by atoms with van der Waals surface area (Å²) in [7, 11) is 0. The van der Waals surface area contributed by atoms with Crippen LogP contribution in [0.1, 0.15) is 11.1 Å².